The van der Waals surface area contributed by atoms with Crippen molar-refractivity contribution in [3.63, 3.8) is 0 Å². The van der Waals surface area contributed by atoms with E-state index in [2.05, 4.69) is 4.99 Å². The van der Waals surface area contributed by atoms with Gasteiger partial charge in [0.2, 0.25) is 0 Å². The number of amides is 1. The highest BCUT2D eigenvalue weighted by atomic mass is 19.1. The number of methoxy groups -OCH3 is 1. The van der Waals surface area contributed by atoms with Crippen LogP contribution < -0.4 is 11.5 Å². The summed E-state index contributed by atoms with van der Waals surface area (Å²) < 4.78 is 19.1. The van der Waals surface area contributed by atoms with Crippen LogP contribution in [0.15, 0.2) is 23.2 Å². The second-order valence-electron chi connectivity index (χ2n) is 5.23. The smallest absolute Gasteiger partial charge is 0.288 e. The summed E-state index contributed by atoms with van der Waals surface area (Å²) in [7, 11) is 1.54. The van der Waals surface area contributed by atoms with E-state index in [-0.39, 0.29) is 18.3 Å². The fourth-order valence-corrected chi connectivity index (χ4v) is 2.44. The average molecular weight is 294 g/mol. The first kappa shape index (κ1) is 15.2. The quantitative estimate of drug-likeness (QED) is 0.789. The van der Waals surface area contributed by atoms with Gasteiger partial charge in [-0.1, -0.05) is 0 Å². The predicted molar refractivity (Wildman–Crippen MR) is 78.2 cm³/mol. The molecular formula is C14H19FN4O2. The van der Waals surface area contributed by atoms with Crippen molar-refractivity contribution < 1.29 is 13.9 Å². The van der Waals surface area contributed by atoms with Gasteiger partial charge in [0.25, 0.3) is 5.91 Å². The Bertz CT molecular complexity index is 590. The summed E-state index contributed by atoms with van der Waals surface area (Å²) in [5.41, 5.74) is 11.2. The number of rotatable bonds is 4. The second-order valence-corrected chi connectivity index (χ2v) is 5.23. The molecule has 1 aromatic carbocycles. The molecule has 0 aliphatic carbocycles. The fraction of sp³-hybridized carbons (Fsp3) is 0.429. The van der Waals surface area contributed by atoms with Crippen LogP contribution in [-0.4, -0.2) is 43.4 Å². The number of carbonyl (C=O) groups is 1. The summed E-state index contributed by atoms with van der Waals surface area (Å²) in [6.07, 6.45) is 0. The summed E-state index contributed by atoms with van der Waals surface area (Å²) in [6, 6.07) is 4.29. The van der Waals surface area contributed by atoms with Crippen LogP contribution in [0.5, 0.6) is 0 Å². The highest BCUT2D eigenvalue weighted by Gasteiger charge is 2.38. The molecule has 0 saturated carbocycles. The molecule has 0 spiro atoms. The van der Waals surface area contributed by atoms with E-state index < -0.39 is 11.4 Å². The van der Waals surface area contributed by atoms with Crippen LogP contribution in [0.4, 0.5) is 10.1 Å². The molecule has 4 N–H and O–H groups in total. The third-order valence-electron chi connectivity index (χ3n) is 3.51. The van der Waals surface area contributed by atoms with Gasteiger partial charge in [-0.3, -0.25) is 9.79 Å². The minimum Gasteiger partial charge on any atom is -0.399 e. The van der Waals surface area contributed by atoms with E-state index in [4.69, 9.17) is 16.2 Å². The SMILES string of the molecule is COCCN1CC(C)(c2cc(N)ccc2F)N=C(N)C1=O. The van der Waals surface area contributed by atoms with Crippen molar-refractivity contribution in [2.75, 3.05) is 32.5 Å². The van der Waals surface area contributed by atoms with Crippen molar-refractivity contribution in [1.29, 1.82) is 0 Å². The zero-order valence-corrected chi connectivity index (χ0v) is 12.1. The van der Waals surface area contributed by atoms with Gasteiger partial charge in [0.05, 0.1) is 13.2 Å². The number of ether oxygens (including phenoxy) is 1. The summed E-state index contributed by atoms with van der Waals surface area (Å²) in [5.74, 6) is -0.931. The van der Waals surface area contributed by atoms with Crippen molar-refractivity contribution in [2.45, 2.75) is 12.5 Å². The summed E-state index contributed by atoms with van der Waals surface area (Å²) in [6.45, 7) is 2.68. The molecule has 6 nitrogen and oxygen atoms in total. The highest BCUT2D eigenvalue weighted by molar-refractivity contribution is 6.37. The topological polar surface area (TPSA) is 93.9 Å². The third-order valence-corrected chi connectivity index (χ3v) is 3.51. The van der Waals surface area contributed by atoms with Gasteiger partial charge in [0.15, 0.2) is 5.84 Å². The van der Waals surface area contributed by atoms with E-state index in [1.807, 2.05) is 0 Å². The lowest BCUT2D eigenvalue weighted by Gasteiger charge is -2.37. The number of anilines is 1. The number of carbonyl (C=O) groups excluding carboxylic acids is 1. The molecule has 2 rings (SSSR count). The number of amidine groups is 1. The molecule has 21 heavy (non-hydrogen) atoms. The number of nitrogens with zero attached hydrogens (tertiary/aromatic N) is 2. The zero-order chi connectivity index (χ0) is 15.6. The number of aliphatic imine (C=N–C) groups is 1. The fourth-order valence-electron chi connectivity index (χ4n) is 2.44. The molecule has 0 saturated heterocycles. The van der Waals surface area contributed by atoms with Crippen molar-refractivity contribution in [1.82, 2.24) is 4.90 Å². The van der Waals surface area contributed by atoms with Gasteiger partial charge < -0.3 is 21.1 Å². The first-order valence-electron chi connectivity index (χ1n) is 6.56. The van der Waals surface area contributed by atoms with Crippen LogP contribution >= 0.6 is 0 Å². The van der Waals surface area contributed by atoms with Crippen LogP contribution in [0, 0.1) is 5.82 Å². The van der Waals surface area contributed by atoms with E-state index in [0.717, 1.165) is 0 Å². The molecule has 0 bridgehead atoms. The lowest BCUT2D eigenvalue weighted by Crippen LogP contribution is -2.53. The Morgan fingerprint density at radius 2 is 2.19 bits per heavy atom. The van der Waals surface area contributed by atoms with Crippen LogP contribution in [0.3, 0.4) is 0 Å². The average Bonchev–Trinajstić information content (AvgIpc) is 2.44. The van der Waals surface area contributed by atoms with E-state index in [1.54, 1.807) is 14.0 Å². The number of halogens is 1. The largest absolute Gasteiger partial charge is 0.399 e. The normalized spacial score (nSPS) is 22.3. The molecule has 1 heterocycles. The maximum Gasteiger partial charge on any atom is 0.288 e. The highest BCUT2D eigenvalue weighted by Crippen LogP contribution is 2.32. The molecule has 0 aromatic heterocycles. The van der Waals surface area contributed by atoms with E-state index in [0.29, 0.717) is 24.4 Å². The summed E-state index contributed by atoms with van der Waals surface area (Å²) >= 11 is 0. The van der Waals surface area contributed by atoms with Gasteiger partial charge in [-0.05, 0) is 25.1 Å². The lowest BCUT2D eigenvalue weighted by atomic mass is 9.89. The first-order chi connectivity index (χ1) is 9.87. The zero-order valence-electron chi connectivity index (χ0n) is 12.1. The molecule has 114 valence electrons. The molecule has 1 amide bonds. The van der Waals surface area contributed by atoms with Gasteiger partial charge in [0.1, 0.15) is 11.4 Å². The number of hydrogen-bond donors (Lipinski definition) is 2. The predicted octanol–water partition coefficient (Wildman–Crippen LogP) is 0.469. The van der Waals surface area contributed by atoms with Crippen LogP contribution in [0.2, 0.25) is 0 Å². The maximum absolute atomic E-state index is 14.1. The third kappa shape index (κ3) is 2.97. The van der Waals surface area contributed by atoms with Gasteiger partial charge >= 0.3 is 0 Å². The van der Waals surface area contributed by atoms with E-state index in [9.17, 15) is 9.18 Å². The molecule has 1 aliphatic rings. The van der Waals surface area contributed by atoms with Crippen molar-refractivity contribution in [3.8, 4) is 0 Å². The van der Waals surface area contributed by atoms with Crippen molar-refractivity contribution in [3.05, 3.63) is 29.6 Å². The minimum absolute atomic E-state index is 0.137. The van der Waals surface area contributed by atoms with Crippen molar-refractivity contribution in [2.24, 2.45) is 10.7 Å². The summed E-state index contributed by atoms with van der Waals surface area (Å²) in [4.78, 5) is 17.7. The van der Waals surface area contributed by atoms with Gasteiger partial charge in [-0.25, -0.2) is 4.39 Å². The van der Waals surface area contributed by atoms with Crippen LogP contribution in [0.25, 0.3) is 0 Å². The van der Waals surface area contributed by atoms with E-state index in [1.165, 1.54) is 23.1 Å². The number of nitrogen functional groups attached to an aromatic ring is 1. The summed E-state index contributed by atoms with van der Waals surface area (Å²) in [5, 5.41) is 0. The molecular weight excluding hydrogens is 275 g/mol. The van der Waals surface area contributed by atoms with Crippen LogP contribution in [0.1, 0.15) is 12.5 Å². The Kier molecular flexibility index (Phi) is 4.13. The van der Waals surface area contributed by atoms with Crippen LogP contribution in [-0.2, 0) is 15.1 Å². The van der Waals surface area contributed by atoms with Crippen molar-refractivity contribution >= 4 is 17.4 Å². The standard InChI is InChI=1S/C14H19FN4O2/c1-14(10-7-9(16)3-4-11(10)15)8-19(5-6-21-2)13(20)12(17)18-14/h3-4,7H,5-6,8,16H2,1-2H3,(H2,17,18). The lowest BCUT2D eigenvalue weighted by molar-refractivity contribution is -0.126. The van der Waals surface area contributed by atoms with Gasteiger partial charge in [-0.2, -0.15) is 0 Å². The molecule has 7 heteroatoms. The minimum atomic E-state index is -0.967. The van der Waals surface area contributed by atoms with E-state index >= 15 is 0 Å². The second kappa shape index (κ2) is 5.69. The Morgan fingerprint density at radius 3 is 2.86 bits per heavy atom. The Labute approximate surface area is 122 Å². The number of hydrogen-bond acceptors (Lipinski definition) is 5. The molecule has 1 unspecified atom stereocenters. The first-order valence-corrected chi connectivity index (χ1v) is 6.56. The molecule has 1 aliphatic heterocycles. The number of benzene rings is 1. The van der Waals surface area contributed by atoms with Gasteiger partial charge in [-0.15, -0.1) is 0 Å². The molecule has 0 radical (unpaired) electrons. The molecule has 1 atom stereocenters. The Morgan fingerprint density at radius 1 is 1.48 bits per heavy atom. The Balaban J connectivity index is 2.41. The molecule has 0 fully saturated rings. The molecule has 1 aromatic rings. The monoisotopic (exact) mass is 294 g/mol. The Hall–Kier alpha value is -2.15. The van der Waals surface area contributed by atoms with Gasteiger partial charge in [0, 0.05) is 24.9 Å². The maximum atomic E-state index is 14.1. The number of nitrogens with two attached hydrogens (primary N) is 2.